The molecule has 0 atom stereocenters. The number of carbonyl (C=O) groups is 1. The Balaban J connectivity index is 1.98. The van der Waals surface area contributed by atoms with Crippen LogP contribution < -0.4 is 11.1 Å². The lowest BCUT2D eigenvalue weighted by Gasteiger charge is -2.05. The third-order valence-corrected chi connectivity index (χ3v) is 2.88. The van der Waals surface area contributed by atoms with Gasteiger partial charge in [0.1, 0.15) is 0 Å². The molecule has 0 radical (unpaired) electrons. The quantitative estimate of drug-likeness (QED) is 0.341. The van der Waals surface area contributed by atoms with Crippen LogP contribution in [0.2, 0.25) is 0 Å². The van der Waals surface area contributed by atoms with Crippen LogP contribution in [0.5, 0.6) is 0 Å². The standard InChI is InChI=1S/C14H15N3O3/c1-9-6-7-20-12(9)14(18)16-8-10-2-4-11(5-3-10)13(15)17-19/h2-7,19H,8H2,1H3,(H2,15,17)(H,16,18). The Hall–Kier alpha value is -2.76. The summed E-state index contributed by atoms with van der Waals surface area (Å²) in [6, 6.07) is 8.76. The van der Waals surface area contributed by atoms with Gasteiger partial charge in [-0.15, -0.1) is 0 Å². The van der Waals surface area contributed by atoms with Crippen molar-refractivity contribution in [3.05, 3.63) is 59.0 Å². The molecule has 1 aromatic carbocycles. The monoisotopic (exact) mass is 273 g/mol. The molecule has 0 saturated heterocycles. The third kappa shape index (κ3) is 2.97. The van der Waals surface area contributed by atoms with Gasteiger partial charge in [-0.2, -0.15) is 0 Å². The van der Waals surface area contributed by atoms with Crippen molar-refractivity contribution in [3.63, 3.8) is 0 Å². The Morgan fingerprint density at radius 3 is 2.60 bits per heavy atom. The van der Waals surface area contributed by atoms with E-state index in [4.69, 9.17) is 15.4 Å². The van der Waals surface area contributed by atoms with Crippen molar-refractivity contribution in [2.45, 2.75) is 13.5 Å². The highest BCUT2D eigenvalue weighted by Crippen LogP contribution is 2.09. The van der Waals surface area contributed by atoms with Crippen LogP contribution in [0.25, 0.3) is 0 Å². The SMILES string of the molecule is Cc1ccoc1C(=O)NCc1ccc(C(N)=NO)cc1. The number of aryl methyl sites for hydroxylation is 1. The van der Waals surface area contributed by atoms with Crippen LogP contribution in [0.15, 0.2) is 46.2 Å². The molecule has 0 spiro atoms. The fraction of sp³-hybridized carbons (Fsp3) is 0.143. The van der Waals surface area contributed by atoms with Gasteiger partial charge in [0.25, 0.3) is 5.91 Å². The molecule has 6 heteroatoms. The molecule has 0 bridgehead atoms. The molecule has 6 nitrogen and oxygen atoms in total. The Morgan fingerprint density at radius 2 is 2.05 bits per heavy atom. The number of amidine groups is 1. The smallest absolute Gasteiger partial charge is 0.287 e. The molecule has 1 heterocycles. The molecule has 0 aliphatic heterocycles. The molecular weight excluding hydrogens is 258 g/mol. The molecule has 0 aliphatic carbocycles. The molecular formula is C14H15N3O3. The van der Waals surface area contributed by atoms with E-state index >= 15 is 0 Å². The predicted molar refractivity (Wildman–Crippen MR) is 73.6 cm³/mol. The van der Waals surface area contributed by atoms with Gasteiger partial charge in [0.2, 0.25) is 0 Å². The number of rotatable bonds is 4. The number of carbonyl (C=O) groups excluding carboxylic acids is 1. The maximum Gasteiger partial charge on any atom is 0.287 e. The molecule has 1 aromatic heterocycles. The van der Waals surface area contributed by atoms with Gasteiger partial charge in [0.15, 0.2) is 11.6 Å². The summed E-state index contributed by atoms with van der Waals surface area (Å²) in [5, 5.41) is 14.2. The lowest BCUT2D eigenvalue weighted by atomic mass is 10.1. The van der Waals surface area contributed by atoms with Gasteiger partial charge < -0.3 is 20.7 Å². The fourth-order valence-electron chi connectivity index (χ4n) is 1.72. The fourth-order valence-corrected chi connectivity index (χ4v) is 1.72. The van der Waals surface area contributed by atoms with E-state index in [-0.39, 0.29) is 11.7 Å². The molecule has 2 rings (SSSR count). The molecule has 0 saturated carbocycles. The van der Waals surface area contributed by atoms with Crippen molar-refractivity contribution in [2.75, 3.05) is 0 Å². The number of nitrogens with one attached hydrogen (secondary N) is 1. The van der Waals surface area contributed by atoms with Crippen molar-refractivity contribution in [1.82, 2.24) is 5.32 Å². The minimum Gasteiger partial charge on any atom is -0.459 e. The highest BCUT2D eigenvalue weighted by atomic mass is 16.4. The van der Waals surface area contributed by atoms with Gasteiger partial charge in [0.05, 0.1) is 6.26 Å². The number of oxime groups is 1. The molecule has 4 N–H and O–H groups in total. The zero-order valence-corrected chi connectivity index (χ0v) is 11.0. The summed E-state index contributed by atoms with van der Waals surface area (Å²) in [7, 11) is 0. The van der Waals surface area contributed by atoms with Gasteiger partial charge in [0, 0.05) is 17.7 Å². The molecule has 0 fully saturated rings. The first-order chi connectivity index (χ1) is 9.61. The molecule has 0 unspecified atom stereocenters. The maximum absolute atomic E-state index is 11.8. The summed E-state index contributed by atoms with van der Waals surface area (Å²) in [4.78, 5) is 11.8. The average Bonchev–Trinajstić information content (AvgIpc) is 2.90. The van der Waals surface area contributed by atoms with E-state index in [9.17, 15) is 4.79 Å². The van der Waals surface area contributed by atoms with Gasteiger partial charge in [-0.3, -0.25) is 4.79 Å². The number of furan rings is 1. The topological polar surface area (TPSA) is 101 Å². The number of hydrogen-bond acceptors (Lipinski definition) is 4. The van der Waals surface area contributed by atoms with Crippen LogP contribution in [-0.4, -0.2) is 17.0 Å². The van der Waals surface area contributed by atoms with Crippen molar-refractivity contribution in [2.24, 2.45) is 10.9 Å². The Morgan fingerprint density at radius 1 is 1.35 bits per heavy atom. The lowest BCUT2D eigenvalue weighted by Crippen LogP contribution is -2.23. The highest BCUT2D eigenvalue weighted by molar-refractivity contribution is 5.97. The van der Waals surface area contributed by atoms with Crippen LogP contribution in [0.3, 0.4) is 0 Å². The number of hydrogen-bond donors (Lipinski definition) is 3. The summed E-state index contributed by atoms with van der Waals surface area (Å²) in [6.45, 7) is 2.18. The van der Waals surface area contributed by atoms with Crippen LogP contribution in [0.4, 0.5) is 0 Å². The highest BCUT2D eigenvalue weighted by Gasteiger charge is 2.11. The van der Waals surface area contributed by atoms with Gasteiger partial charge in [-0.25, -0.2) is 0 Å². The summed E-state index contributed by atoms with van der Waals surface area (Å²) in [6.07, 6.45) is 1.48. The molecule has 0 aliphatic rings. The first-order valence-electron chi connectivity index (χ1n) is 6.01. The van der Waals surface area contributed by atoms with E-state index in [1.54, 1.807) is 30.3 Å². The lowest BCUT2D eigenvalue weighted by molar-refractivity contribution is 0.0922. The second-order valence-corrected chi connectivity index (χ2v) is 4.30. The van der Waals surface area contributed by atoms with Gasteiger partial charge in [-0.1, -0.05) is 29.4 Å². The maximum atomic E-state index is 11.8. The molecule has 1 amide bonds. The second-order valence-electron chi connectivity index (χ2n) is 4.30. The number of nitrogens with two attached hydrogens (primary N) is 1. The minimum absolute atomic E-state index is 0.0480. The number of amides is 1. The molecule has 2 aromatic rings. The van der Waals surface area contributed by atoms with Crippen molar-refractivity contribution in [1.29, 1.82) is 0 Å². The predicted octanol–water partition coefficient (Wildman–Crippen LogP) is 1.61. The number of benzene rings is 1. The third-order valence-electron chi connectivity index (χ3n) is 2.88. The normalized spacial score (nSPS) is 11.3. The number of nitrogens with zero attached hydrogens (tertiary/aromatic N) is 1. The van der Waals surface area contributed by atoms with Gasteiger partial charge in [-0.05, 0) is 18.6 Å². The van der Waals surface area contributed by atoms with Crippen LogP contribution in [-0.2, 0) is 6.54 Å². The first-order valence-corrected chi connectivity index (χ1v) is 6.01. The second kappa shape index (κ2) is 5.92. The van der Waals surface area contributed by atoms with E-state index in [0.717, 1.165) is 11.1 Å². The van der Waals surface area contributed by atoms with E-state index in [2.05, 4.69) is 10.5 Å². The Kier molecular flexibility index (Phi) is 4.05. The Bertz CT molecular complexity index is 629. The molecule has 104 valence electrons. The summed E-state index contributed by atoms with van der Waals surface area (Å²) >= 11 is 0. The average molecular weight is 273 g/mol. The van der Waals surface area contributed by atoms with Crippen molar-refractivity contribution in [3.8, 4) is 0 Å². The zero-order valence-electron chi connectivity index (χ0n) is 11.0. The Labute approximate surface area is 115 Å². The summed E-state index contributed by atoms with van der Waals surface area (Å²) in [5.74, 6) is 0.109. The molecule has 20 heavy (non-hydrogen) atoms. The van der Waals surface area contributed by atoms with E-state index in [1.807, 2.05) is 6.92 Å². The van der Waals surface area contributed by atoms with E-state index in [0.29, 0.717) is 17.9 Å². The van der Waals surface area contributed by atoms with E-state index in [1.165, 1.54) is 6.26 Å². The first kappa shape index (κ1) is 13.7. The van der Waals surface area contributed by atoms with Crippen molar-refractivity contribution >= 4 is 11.7 Å². The summed E-state index contributed by atoms with van der Waals surface area (Å²) in [5.41, 5.74) is 7.78. The van der Waals surface area contributed by atoms with Crippen LogP contribution in [0, 0.1) is 6.92 Å². The van der Waals surface area contributed by atoms with E-state index < -0.39 is 0 Å². The van der Waals surface area contributed by atoms with Crippen LogP contribution >= 0.6 is 0 Å². The van der Waals surface area contributed by atoms with Crippen molar-refractivity contribution < 1.29 is 14.4 Å². The largest absolute Gasteiger partial charge is 0.459 e. The minimum atomic E-state index is -0.256. The van der Waals surface area contributed by atoms with Gasteiger partial charge >= 0.3 is 0 Å². The summed E-state index contributed by atoms with van der Waals surface area (Å²) < 4.78 is 5.11. The zero-order chi connectivity index (χ0) is 14.5. The van der Waals surface area contributed by atoms with Crippen LogP contribution in [0.1, 0.15) is 27.2 Å².